The lowest BCUT2D eigenvalue weighted by atomic mass is 10.0. The number of rotatable bonds is 8. The van der Waals surface area contributed by atoms with E-state index in [0.717, 1.165) is 11.3 Å². The summed E-state index contributed by atoms with van der Waals surface area (Å²) in [6.07, 6.45) is 0. The first-order valence-electron chi connectivity index (χ1n) is 7.87. The summed E-state index contributed by atoms with van der Waals surface area (Å²) >= 11 is 1.09. The quantitative estimate of drug-likeness (QED) is 0.713. The molecule has 2 rings (SSSR count). The first-order valence-corrected chi connectivity index (χ1v) is 10.2. The highest BCUT2D eigenvalue weighted by molar-refractivity contribution is 7.91. The lowest BCUT2D eigenvalue weighted by Gasteiger charge is -2.22. The Morgan fingerprint density at radius 2 is 1.88 bits per heavy atom. The molecule has 0 saturated carbocycles. The molecule has 2 aromatic rings. The molecule has 142 valence electrons. The van der Waals surface area contributed by atoms with Crippen molar-refractivity contribution in [1.82, 2.24) is 4.72 Å². The number of ether oxygens (including phenoxy) is 2. The zero-order chi connectivity index (χ0) is 19.3. The van der Waals surface area contributed by atoms with Crippen LogP contribution in [-0.4, -0.2) is 34.6 Å². The number of hydrogen-bond acceptors (Lipinski definition) is 6. The molecule has 1 atom stereocenters. The molecule has 0 aliphatic heterocycles. The average Bonchev–Trinajstić information content (AvgIpc) is 3.15. The van der Waals surface area contributed by atoms with Crippen molar-refractivity contribution in [2.24, 2.45) is 5.92 Å². The molecule has 0 unspecified atom stereocenters. The van der Waals surface area contributed by atoms with Gasteiger partial charge in [0, 0.05) is 6.07 Å². The van der Waals surface area contributed by atoms with E-state index >= 15 is 0 Å². The summed E-state index contributed by atoms with van der Waals surface area (Å²) in [5.74, 6) is 0.276. The SMILES string of the molecule is COc1ccc(NC(=O)[C@@H](NS(=O)(=O)c2cccs2)C(C)C)c(OC)c1. The van der Waals surface area contributed by atoms with E-state index in [4.69, 9.17) is 9.47 Å². The second kappa shape index (κ2) is 8.52. The Hall–Kier alpha value is -2.10. The third-order valence-electron chi connectivity index (χ3n) is 3.66. The Morgan fingerprint density at radius 1 is 1.15 bits per heavy atom. The van der Waals surface area contributed by atoms with Crippen molar-refractivity contribution in [3.8, 4) is 11.5 Å². The van der Waals surface area contributed by atoms with E-state index in [0.29, 0.717) is 17.2 Å². The summed E-state index contributed by atoms with van der Waals surface area (Å²) in [4.78, 5) is 12.7. The third kappa shape index (κ3) is 4.75. The highest BCUT2D eigenvalue weighted by Gasteiger charge is 2.29. The Kier molecular flexibility index (Phi) is 6.63. The van der Waals surface area contributed by atoms with Crippen LogP contribution in [0.3, 0.4) is 0 Å². The zero-order valence-electron chi connectivity index (χ0n) is 15.0. The molecule has 7 nitrogen and oxygen atoms in total. The molecule has 26 heavy (non-hydrogen) atoms. The van der Waals surface area contributed by atoms with E-state index in [9.17, 15) is 13.2 Å². The minimum Gasteiger partial charge on any atom is -0.497 e. The van der Waals surface area contributed by atoms with Crippen molar-refractivity contribution < 1.29 is 22.7 Å². The molecule has 1 amide bonds. The first kappa shape index (κ1) is 20.2. The van der Waals surface area contributed by atoms with Gasteiger partial charge < -0.3 is 14.8 Å². The number of amides is 1. The molecule has 0 radical (unpaired) electrons. The number of carbonyl (C=O) groups is 1. The van der Waals surface area contributed by atoms with Crippen molar-refractivity contribution in [2.75, 3.05) is 19.5 Å². The van der Waals surface area contributed by atoms with Crippen molar-refractivity contribution in [3.05, 3.63) is 35.7 Å². The molecule has 0 saturated heterocycles. The van der Waals surface area contributed by atoms with Gasteiger partial charge in [0.05, 0.1) is 19.9 Å². The number of benzene rings is 1. The number of sulfonamides is 1. The van der Waals surface area contributed by atoms with Crippen LogP contribution < -0.4 is 19.5 Å². The summed E-state index contributed by atoms with van der Waals surface area (Å²) in [6, 6.07) is 7.16. The molecule has 0 aliphatic rings. The number of carbonyl (C=O) groups excluding carboxylic acids is 1. The normalized spacial score (nSPS) is 12.7. The van der Waals surface area contributed by atoms with Crippen molar-refractivity contribution in [3.63, 3.8) is 0 Å². The first-order chi connectivity index (χ1) is 12.3. The lowest BCUT2D eigenvalue weighted by Crippen LogP contribution is -2.46. The highest BCUT2D eigenvalue weighted by atomic mass is 32.2. The van der Waals surface area contributed by atoms with E-state index in [1.165, 1.54) is 20.3 Å². The molecule has 0 bridgehead atoms. The summed E-state index contributed by atoms with van der Waals surface area (Å²) < 4.78 is 37.9. The number of methoxy groups -OCH3 is 2. The van der Waals surface area contributed by atoms with Crippen molar-refractivity contribution in [1.29, 1.82) is 0 Å². The van der Waals surface area contributed by atoms with Gasteiger partial charge in [0.15, 0.2) is 0 Å². The fraction of sp³-hybridized carbons (Fsp3) is 0.353. The van der Waals surface area contributed by atoms with Crippen LogP contribution in [0.5, 0.6) is 11.5 Å². The molecule has 0 spiro atoms. The predicted octanol–water partition coefficient (Wildman–Crippen LogP) is 2.71. The Bertz CT molecular complexity index is 848. The smallest absolute Gasteiger partial charge is 0.250 e. The number of hydrogen-bond donors (Lipinski definition) is 2. The van der Waals surface area contributed by atoms with Crippen LogP contribution in [0.4, 0.5) is 5.69 Å². The van der Waals surface area contributed by atoms with Crippen LogP contribution in [-0.2, 0) is 14.8 Å². The number of nitrogens with one attached hydrogen (secondary N) is 2. The van der Waals surface area contributed by atoms with Crippen LogP contribution in [0.25, 0.3) is 0 Å². The van der Waals surface area contributed by atoms with Crippen molar-refractivity contribution in [2.45, 2.75) is 24.1 Å². The van der Waals surface area contributed by atoms with E-state index in [2.05, 4.69) is 10.0 Å². The van der Waals surface area contributed by atoms with Gasteiger partial charge in [-0.05, 0) is 29.5 Å². The Labute approximate surface area is 157 Å². The Balaban J connectivity index is 2.22. The molecule has 0 aliphatic carbocycles. The number of anilines is 1. The summed E-state index contributed by atoms with van der Waals surface area (Å²) in [7, 11) is -0.763. The number of thiophene rings is 1. The fourth-order valence-corrected chi connectivity index (χ4v) is 4.60. The van der Waals surface area contributed by atoms with Crippen LogP contribution in [0.15, 0.2) is 39.9 Å². The molecular formula is C17H22N2O5S2. The second-order valence-electron chi connectivity index (χ2n) is 5.83. The highest BCUT2D eigenvalue weighted by Crippen LogP contribution is 2.29. The largest absolute Gasteiger partial charge is 0.497 e. The van der Waals surface area contributed by atoms with Crippen molar-refractivity contribution >= 4 is 33.0 Å². The molecule has 1 aromatic heterocycles. The summed E-state index contributed by atoms with van der Waals surface area (Å²) in [5.41, 5.74) is 0.430. The zero-order valence-corrected chi connectivity index (χ0v) is 16.6. The average molecular weight is 399 g/mol. The van der Waals surface area contributed by atoms with Gasteiger partial charge in [-0.1, -0.05) is 19.9 Å². The Morgan fingerprint density at radius 3 is 2.42 bits per heavy atom. The van der Waals surface area contributed by atoms with Gasteiger partial charge in [0.25, 0.3) is 10.0 Å². The lowest BCUT2D eigenvalue weighted by molar-refractivity contribution is -0.118. The van der Waals surface area contributed by atoms with Gasteiger partial charge in [0.2, 0.25) is 5.91 Å². The van der Waals surface area contributed by atoms with Gasteiger partial charge in [-0.25, -0.2) is 8.42 Å². The van der Waals surface area contributed by atoms with Gasteiger partial charge in [-0.15, -0.1) is 11.3 Å². The molecule has 9 heteroatoms. The maximum Gasteiger partial charge on any atom is 0.250 e. The van der Waals surface area contributed by atoms with Crippen LogP contribution in [0, 0.1) is 5.92 Å². The fourth-order valence-electron chi connectivity index (χ4n) is 2.25. The molecule has 2 N–H and O–H groups in total. The summed E-state index contributed by atoms with van der Waals surface area (Å²) in [6.45, 7) is 3.54. The van der Waals surface area contributed by atoms with Crippen LogP contribution in [0.1, 0.15) is 13.8 Å². The van der Waals surface area contributed by atoms with Crippen LogP contribution in [0.2, 0.25) is 0 Å². The second-order valence-corrected chi connectivity index (χ2v) is 8.72. The maximum absolute atomic E-state index is 12.7. The molecule has 1 heterocycles. The summed E-state index contributed by atoms with van der Waals surface area (Å²) in [5, 5.41) is 4.39. The predicted molar refractivity (Wildman–Crippen MR) is 101 cm³/mol. The van der Waals surface area contributed by atoms with E-state index < -0.39 is 22.0 Å². The minimum absolute atomic E-state index is 0.165. The minimum atomic E-state index is -3.77. The van der Waals surface area contributed by atoms with Gasteiger partial charge in [0.1, 0.15) is 21.8 Å². The van der Waals surface area contributed by atoms with E-state index in [1.54, 1.807) is 43.5 Å². The van der Waals surface area contributed by atoms with Crippen LogP contribution >= 0.6 is 11.3 Å². The molecular weight excluding hydrogens is 376 g/mol. The van der Waals surface area contributed by atoms with Gasteiger partial charge in [-0.2, -0.15) is 4.72 Å². The monoisotopic (exact) mass is 398 g/mol. The maximum atomic E-state index is 12.7. The topological polar surface area (TPSA) is 93.7 Å². The van der Waals surface area contributed by atoms with Gasteiger partial charge >= 0.3 is 0 Å². The van der Waals surface area contributed by atoms with Gasteiger partial charge in [-0.3, -0.25) is 4.79 Å². The molecule has 0 fully saturated rings. The van der Waals surface area contributed by atoms with E-state index in [1.807, 2.05) is 0 Å². The van der Waals surface area contributed by atoms with E-state index in [-0.39, 0.29) is 10.1 Å². The third-order valence-corrected chi connectivity index (χ3v) is 6.50. The molecule has 1 aromatic carbocycles. The standard InChI is InChI=1S/C17H22N2O5S2/c1-11(2)16(19-26(21,22)15-6-5-9-25-15)17(20)18-13-8-7-12(23-3)10-14(13)24-4/h5-11,16,19H,1-4H3,(H,18,20)/t16-/m0/s1.